The van der Waals surface area contributed by atoms with Gasteiger partial charge < -0.3 is 14.2 Å². The first-order valence-electron chi connectivity index (χ1n) is 8.63. The van der Waals surface area contributed by atoms with Crippen LogP contribution >= 0.6 is 0 Å². The van der Waals surface area contributed by atoms with Crippen LogP contribution in [-0.2, 0) is 9.47 Å². The molecule has 0 saturated carbocycles. The van der Waals surface area contributed by atoms with Gasteiger partial charge in [0.25, 0.3) is 0 Å². The van der Waals surface area contributed by atoms with Crippen LogP contribution < -0.4 is 4.74 Å². The average Bonchev–Trinajstić information content (AvgIpc) is 2.73. The van der Waals surface area contributed by atoms with Gasteiger partial charge in [-0.2, -0.15) is 5.26 Å². The number of hydrogen-bond acceptors (Lipinski definition) is 5. The smallest absolute Gasteiger partial charge is 0.338 e. The maximum atomic E-state index is 11.8. The van der Waals surface area contributed by atoms with Gasteiger partial charge in [-0.1, -0.05) is 30.3 Å². The van der Waals surface area contributed by atoms with Gasteiger partial charge in [0.1, 0.15) is 19.0 Å². The molecule has 0 heterocycles. The van der Waals surface area contributed by atoms with Crippen LogP contribution in [0.15, 0.2) is 66.7 Å². The summed E-state index contributed by atoms with van der Waals surface area (Å²) >= 11 is 0. The summed E-state index contributed by atoms with van der Waals surface area (Å²) in [6, 6.07) is 22.3. The highest BCUT2D eigenvalue weighted by Gasteiger charge is 2.06. The van der Waals surface area contributed by atoms with E-state index in [1.165, 1.54) is 5.39 Å². The highest BCUT2D eigenvalue weighted by atomic mass is 16.6. The number of ether oxygens (including phenoxy) is 3. The molecule has 3 aromatic carbocycles. The lowest BCUT2D eigenvalue weighted by atomic mass is 10.1. The zero-order chi connectivity index (χ0) is 18.9. The Balaban J connectivity index is 1.32. The van der Waals surface area contributed by atoms with E-state index in [0.29, 0.717) is 30.9 Å². The molecule has 0 N–H and O–H groups in total. The SMILES string of the molecule is N#Cc1ccc(C(=O)OCCOCCOc2ccc3ccccc3c2)cc1. The predicted molar refractivity (Wildman–Crippen MR) is 102 cm³/mol. The van der Waals surface area contributed by atoms with E-state index in [1.807, 2.05) is 42.5 Å². The molecule has 3 rings (SSSR count). The average molecular weight is 361 g/mol. The van der Waals surface area contributed by atoms with E-state index in [0.717, 1.165) is 11.1 Å². The number of fused-ring (bicyclic) bond motifs is 1. The number of benzene rings is 3. The van der Waals surface area contributed by atoms with Crippen molar-refractivity contribution in [3.8, 4) is 11.8 Å². The van der Waals surface area contributed by atoms with Gasteiger partial charge in [0, 0.05) is 0 Å². The van der Waals surface area contributed by atoms with Crippen LogP contribution in [0.3, 0.4) is 0 Å². The highest BCUT2D eigenvalue weighted by Crippen LogP contribution is 2.20. The van der Waals surface area contributed by atoms with E-state index in [1.54, 1.807) is 24.3 Å². The Morgan fingerprint density at radius 3 is 2.37 bits per heavy atom. The zero-order valence-corrected chi connectivity index (χ0v) is 14.8. The molecule has 0 aromatic heterocycles. The second kappa shape index (κ2) is 9.37. The minimum atomic E-state index is -0.435. The molecule has 0 radical (unpaired) electrons. The molecule has 0 saturated heterocycles. The first kappa shape index (κ1) is 18.4. The summed E-state index contributed by atoms with van der Waals surface area (Å²) in [5.74, 6) is 0.361. The van der Waals surface area contributed by atoms with Crippen LogP contribution in [0, 0.1) is 11.3 Å². The minimum absolute atomic E-state index is 0.162. The minimum Gasteiger partial charge on any atom is -0.491 e. The van der Waals surface area contributed by atoms with E-state index in [2.05, 4.69) is 6.07 Å². The maximum absolute atomic E-state index is 11.8. The first-order valence-corrected chi connectivity index (χ1v) is 8.63. The fourth-order valence-corrected chi connectivity index (χ4v) is 2.54. The Morgan fingerprint density at radius 2 is 1.59 bits per heavy atom. The van der Waals surface area contributed by atoms with Crippen molar-refractivity contribution in [3.05, 3.63) is 77.9 Å². The van der Waals surface area contributed by atoms with Gasteiger partial charge in [0.15, 0.2) is 0 Å². The molecule has 27 heavy (non-hydrogen) atoms. The van der Waals surface area contributed by atoms with E-state index >= 15 is 0 Å². The quantitative estimate of drug-likeness (QED) is 0.449. The van der Waals surface area contributed by atoms with Crippen LogP contribution in [0.2, 0.25) is 0 Å². The lowest BCUT2D eigenvalue weighted by Crippen LogP contribution is -2.13. The van der Waals surface area contributed by atoms with E-state index < -0.39 is 5.97 Å². The molecule has 0 amide bonds. The van der Waals surface area contributed by atoms with Crippen LogP contribution in [-0.4, -0.2) is 32.4 Å². The van der Waals surface area contributed by atoms with Gasteiger partial charge in [-0.05, 0) is 47.2 Å². The van der Waals surface area contributed by atoms with Crippen LogP contribution in [0.25, 0.3) is 10.8 Å². The maximum Gasteiger partial charge on any atom is 0.338 e. The lowest BCUT2D eigenvalue weighted by Gasteiger charge is -2.09. The monoisotopic (exact) mass is 361 g/mol. The van der Waals surface area contributed by atoms with Crippen molar-refractivity contribution in [3.63, 3.8) is 0 Å². The largest absolute Gasteiger partial charge is 0.491 e. The number of carbonyl (C=O) groups excluding carboxylic acids is 1. The highest BCUT2D eigenvalue weighted by molar-refractivity contribution is 5.89. The molecule has 0 unspecified atom stereocenters. The summed E-state index contributed by atoms with van der Waals surface area (Å²) in [5.41, 5.74) is 0.912. The van der Waals surface area contributed by atoms with Crippen LogP contribution in [0.1, 0.15) is 15.9 Å². The van der Waals surface area contributed by atoms with Gasteiger partial charge >= 0.3 is 5.97 Å². The van der Waals surface area contributed by atoms with Gasteiger partial charge in [-0.25, -0.2) is 4.79 Å². The number of rotatable bonds is 8. The number of nitrogens with zero attached hydrogens (tertiary/aromatic N) is 1. The summed E-state index contributed by atoms with van der Waals surface area (Å²) < 4.78 is 16.2. The third-order valence-corrected chi connectivity index (χ3v) is 3.93. The Bertz CT molecular complexity index is 944. The second-order valence-electron chi connectivity index (χ2n) is 5.79. The summed E-state index contributed by atoms with van der Waals surface area (Å²) in [6.45, 7) is 1.28. The second-order valence-corrected chi connectivity index (χ2v) is 5.79. The third kappa shape index (κ3) is 5.30. The Labute approximate surface area is 157 Å². The van der Waals surface area contributed by atoms with Gasteiger partial charge in [-0.3, -0.25) is 0 Å². The molecule has 0 spiro atoms. The molecule has 0 fully saturated rings. The Hall–Kier alpha value is -3.36. The molecular formula is C22H19NO4. The van der Waals surface area contributed by atoms with Crippen molar-refractivity contribution >= 4 is 16.7 Å². The van der Waals surface area contributed by atoms with Crippen molar-refractivity contribution < 1.29 is 19.0 Å². The fraction of sp³-hybridized carbons (Fsp3) is 0.182. The molecule has 5 heteroatoms. The number of esters is 1. The molecule has 0 aliphatic carbocycles. The molecule has 0 bridgehead atoms. The van der Waals surface area contributed by atoms with Crippen molar-refractivity contribution in [2.24, 2.45) is 0 Å². The topological polar surface area (TPSA) is 68.6 Å². The third-order valence-electron chi connectivity index (χ3n) is 3.93. The molecule has 3 aromatic rings. The van der Waals surface area contributed by atoms with Gasteiger partial charge in [0.05, 0.1) is 30.4 Å². The number of nitriles is 1. The normalized spacial score (nSPS) is 10.3. The van der Waals surface area contributed by atoms with Crippen LogP contribution in [0.5, 0.6) is 5.75 Å². The zero-order valence-electron chi connectivity index (χ0n) is 14.8. The summed E-state index contributed by atoms with van der Waals surface area (Å²) in [6.07, 6.45) is 0. The summed E-state index contributed by atoms with van der Waals surface area (Å²) in [7, 11) is 0. The molecule has 5 nitrogen and oxygen atoms in total. The first-order chi connectivity index (χ1) is 13.3. The van der Waals surface area contributed by atoms with E-state index in [9.17, 15) is 4.79 Å². The molecule has 0 aliphatic heterocycles. The lowest BCUT2D eigenvalue weighted by molar-refractivity contribution is 0.0273. The molecule has 136 valence electrons. The Kier molecular flexibility index (Phi) is 6.40. The van der Waals surface area contributed by atoms with Crippen molar-refractivity contribution in [2.45, 2.75) is 0 Å². The Morgan fingerprint density at radius 1 is 0.852 bits per heavy atom. The number of hydrogen-bond donors (Lipinski definition) is 0. The van der Waals surface area contributed by atoms with Gasteiger partial charge in [0.2, 0.25) is 0 Å². The molecule has 0 atom stereocenters. The van der Waals surface area contributed by atoms with Gasteiger partial charge in [-0.15, -0.1) is 0 Å². The molecular weight excluding hydrogens is 342 g/mol. The molecule has 0 aliphatic rings. The van der Waals surface area contributed by atoms with Crippen LogP contribution in [0.4, 0.5) is 0 Å². The van der Waals surface area contributed by atoms with Crippen molar-refractivity contribution in [1.82, 2.24) is 0 Å². The number of carbonyl (C=O) groups is 1. The predicted octanol–water partition coefficient (Wildman–Crippen LogP) is 3.96. The fourth-order valence-electron chi connectivity index (χ4n) is 2.54. The summed E-state index contributed by atoms with van der Waals surface area (Å²) in [4.78, 5) is 11.8. The van der Waals surface area contributed by atoms with Crippen molar-refractivity contribution in [2.75, 3.05) is 26.4 Å². The van der Waals surface area contributed by atoms with Crippen molar-refractivity contribution in [1.29, 1.82) is 5.26 Å². The van der Waals surface area contributed by atoms with E-state index in [4.69, 9.17) is 19.5 Å². The summed E-state index contributed by atoms with van der Waals surface area (Å²) in [5, 5.41) is 11.0. The standard InChI is InChI=1S/C22H19NO4/c23-16-17-5-7-19(8-6-17)22(24)27-14-12-25-11-13-26-21-10-9-18-3-1-2-4-20(18)15-21/h1-10,15H,11-14H2. The van der Waals surface area contributed by atoms with E-state index in [-0.39, 0.29) is 6.61 Å².